The summed E-state index contributed by atoms with van der Waals surface area (Å²) in [6.45, 7) is 20.1. The predicted molar refractivity (Wildman–Crippen MR) is 102 cm³/mol. The molecule has 1 nitrogen and oxygen atoms in total. The molecule has 0 amide bonds. The maximum Gasteiger partial charge on any atom is 0.0937 e. The lowest BCUT2D eigenvalue weighted by Crippen LogP contribution is -2.50. The fraction of sp³-hybridized carbons (Fsp3) is 0.727. The van der Waals surface area contributed by atoms with E-state index in [4.69, 9.17) is 4.74 Å². The van der Waals surface area contributed by atoms with E-state index in [1.165, 1.54) is 16.7 Å². The minimum atomic E-state index is -0.163. The second-order valence-corrected chi connectivity index (χ2v) is 7.19. The lowest BCUT2D eigenvalue weighted by atomic mass is 9.67. The minimum Gasteiger partial charge on any atom is -0.367 e. The molecule has 0 spiro atoms. The van der Waals surface area contributed by atoms with Crippen molar-refractivity contribution >= 4 is 0 Å². The molecule has 1 aliphatic heterocycles. The molecule has 1 heterocycles. The van der Waals surface area contributed by atoms with Gasteiger partial charge in [-0.3, -0.25) is 0 Å². The van der Waals surface area contributed by atoms with Crippen LogP contribution in [0.25, 0.3) is 0 Å². The summed E-state index contributed by atoms with van der Waals surface area (Å²) in [5.74, 6) is 1.84. The first-order valence-electron chi connectivity index (χ1n) is 9.62. The summed E-state index contributed by atoms with van der Waals surface area (Å²) >= 11 is 0. The first kappa shape index (κ1) is 20.2. The van der Waals surface area contributed by atoms with Crippen LogP contribution < -0.4 is 0 Å². The standard InChI is InChI=1S/C20H32O.C2H6/c1-8-17-11-10-13(3)12-18(17)20(7)16(6)14(4)15(5)19(9-2)21-20;1-2/h10-12,14-16,19H,8-9H2,1-7H3;1-2H3. The van der Waals surface area contributed by atoms with Gasteiger partial charge in [0.15, 0.2) is 0 Å². The Morgan fingerprint density at radius 3 is 2.17 bits per heavy atom. The monoisotopic (exact) mass is 318 g/mol. The van der Waals surface area contributed by atoms with E-state index in [-0.39, 0.29) is 5.60 Å². The Balaban J connectivity index is 0.00000127. The number of hydrogen-bond acceptors (Lipinski definition) is 1. The van der Waals surface area contributed by atoms with Gasteiger partial charge in [-0.2, -0.15) is 0 Å². The van der Waals surface area contributed by atoms with Crippen molar-refractivity contribution in [3.63, 3.8) is 0 Å². The Labute approximate surface area is 144 Å². The van der Waals surface area contributed by atoms with Gasteiger partial charge in [-0.1, -0.05) is 72.2 Å². The van der Waals surface area contributed by atoms with Crippen molar-refractivity contribution in [1.29, 1.82) is 0 Å². The molecule has 0 aliphatic carbocycles. The largest absolute Gasteiger partial charge is 0.367 e. The molecule has 0 saturated carbocycles. The summed E-state index contributed by atoms with van der Waals surface area (Å²) < 4.78 is 6.70. The average molecular weight is 319 g/mol. The van der Waals surface area contributed by atoms with Crippen LogP contribution in [0.1, 0.15) is 78.5 Å². The van der Waals surface area contributed by atoms with Crippen molar-refractivity contribution in [2.45, 2.75) is 86.9 Å². The van der Waals surface area contributed by atoms with Crippen LogP contribution in [0, 0.1) is 24.7 Å². The molecule has 2 rings (SSSR count). The van der Waals surface area contributed by atoms with Crippen molar-refractivity contribution in [3.8, 4) is 0 Å². The predicted octanol–water partition coefficient (Wildman–Crippen LogP) is 6.52. The maximum atomic E-state index is 6.70. The fourth-order valence-corrected chi connectivity index (χ4v) is 4.05. The van der Waals surface area contributed by atoms with Gasteiger partial charge in [0, 0.05) is 0 Å². The van der Waals surface area contributed by atoms with Crippen molar-refractivity contribution in [3.05, 3.63) is 34.9 Å². The maximum absolute atomic E-state index is 6.70. The van der Waals surface area contributed by atoms with E-state index in [9.17, 15) is 0 Å². The highest BCUT2D eigenvalue weighted by molar-refractivity contribution is 5.37. The second kappa shape index (κ2) is 8.33. The number of benzene rings is 1. The van der Waals surface area contributed by atoms with Crippen LogP contribution in [0.2, 0.25) is 0 Å². The van der Waals surface area contributed by atoms with Gasteiger partial charge in [-0.05, 0) is 55.6 Å². The first-order valence-corrected chi connectivity index (χ1v) is 9.62. The molecule has 23 heavy (non-hydrogen) atoms. The van der Waals surface area contributed by atoms with Gasteiger partial charge < -0.3 is 4.74 Å². The van der Waals surface area contributed by atoms with Gasteiger partial charge in [-0.15, -0.1) is 0 Å². The number of ether oxygens (including phenoxy) is 1. The third-order valence-corrected chi connectivity index (χ3v) is 6.05. The van der Waals surface area contributed by atoms with Crippen molar-refractivity contribution in [2.75, 3.05) is 0 Å². The second-order valence-electron chi connectivity index (χ2n) is 7.19. The van der Waals surface area contributed by atoms with E-state index in [0.29, 0.717) is 23.9 Å². The van der Waals surface area contributed by atoms with Crippen molar-refractivity contribution in [1.82, 2.24) is 0 Å². The molecule has 5 unspecified atom stereocenters. The SMILES string of the molecule is CC.CCc1ccc(C)cc1C1(C)OC(CC)C(C)C(C)C1C. The van der Waals surface area contributed by atoms with Gasteiger partial charge >= 0.3 is 0 Å². The summed E-state index contributed by atoms with van der Waals surface area (Å²) in [5, 5.41) is 0. The minimum absolute atomic E-state index is 0.163. The normalized spacial score (nSPS) is 33.8. The number of rotatable bonds is 3. The van der Waals surface area contributed by atoms with Crippen LogP contribution in [0.3, 0.4) is 0 Å². The molecule has 132 valence electrons. The molecule has 5 atom stereocenters. The lowest BCUT2D eigenvalue weighted by molar-refractivity contribution is -0.199. The highest BCUT2D eigenvalue weighted by Gasteiger charge is 2.47. The van der Waals surface area contributed by atoms with Gasteiger partial charge in [0.2, 0.25) is 0 Å². The number of hydrogen-bond donors (Lipinski definition) is 0. The zero-order chi connectivity index (χ0) is 17.8. The Morgan fingerprint density at radius 1 is 1.04 bits per heavy atom. The van der Waals surface area contributed by atoms with Crippen LogP contribution in [-0.4, -0.2) is 6.10 Å². The van der Waals surface area contributed by atoms with E-state index in [2.05, 4.69) is 66.7 Å². The molecular formula is C22H38O. The molecule has 0 aromatic heterocycles. The summed E-state index contributed by atoms with van der Waals surface area (Å²) in [4.78, 5) is 0. The summed E-state index contributed by atoms with van der Waals surface area (Å²) in [7, 11) is 0. The molecule has 1 heteroatoms. The molecule has 1 aromatic rings. The van der Waals surface area contributed by atoms with E-state index in [0.717, 1.165) is 12.8 Å². The van der Waals surface area contributed by atoms with E-state index in [1.807, 2.05) is 13.8 Å². The molecule has 1 aliphatic rings. The molecule has 0 radical (unpaired) electrons. The highest BCUT2D eigenvalue weighted by Crippen LogP contribution is 2.48. The molecular weight excluding hydrogens is 280 g/mol. The molecule has 0 bridgehead atoms. The van der Waals surface area contributed by atoms with Gasteiger partial charge in [0.05, 0.1) is 11.7 Å². The third kappa shape index (κ3) is 3.82. The average Bonchev–Trinajstić information content (AvgIpc) is 2.58. The fourth-order valence-electron chi connectivity index (χ4n) is 4.05. The lowest BCUT2D eigenvalue weighted by Gasteiger charge is -2.51. The quantitative estimate of drug-likeness (QED) is 0.616. The van der Waals surface area contributed by atoms with Crippen molar-refractivity contribution in [2.24, 2.45) is 17.8 Å². The molecule has 1 aromatic carbocycles. The van der Waals surface area contributed by atoms with Crippen LogP contribution in [0.5, 0.6) is 0 Å². The van der Waals surface area contributed by atoms with E-state index < -0.39 is 0 Å². The number of aryl methyl sites for hydroxylation is 2. The summed E-state index contributed by atoms with van der Waals surface area (Å²) in [5.41, 5.74) is 4.02. The summed E-state index contributed by atoms with van der Waals surface area (Å²) in [6, 6.07) is 6.86. The zero-order valence-electron chi connectivity index (χ0n) is 16.9. The van der Waals surface area contributed by atoms with Crippen LogP contribution in [0.15, 0.2) is 18.2 Å². The smallest absolute Gasteiger partial charge is 0.0937 e. The Hall–Kier alpha value is -0.820. The summed E-state index contributed by atoms with van der Waals surface area (Å²) in [6.07, 6.45) is 2.54. The molecule has 0 N–H and O–H groups in total. The van der Waals surface area contributed by atoms with Crippen LogP contribution in [-0.2, 0) is 16.8 Å². The molecule has 1 fully saturated rings. The van der Waals surface area contributed by atoms with E-state index in [1.54, 1.807) is 0 Å². The van der Waals surface area contributed by atoms with E-state index >= 15 is 0 Å². The highest BCUT2D eigenvalue weighted by atomic mass is 16.5. The third-order valence-electron chi connectivity index (χ3n) is 6.05. The van der Waals surface area contributed by atoms with Gasteiger partial charge in [-0.25, -0.2) is 0 Å². The Morgan fingerprint density at radius 2 is 1.65 bits per heavy atom. The Kier molecular flexibility index (Phi) is 7.32. The van der Waals surface area contributed by atoms with Crippen molar-refractivity contribution < 1.29 is 4.74 Å². The van der Waals surface area contributed by atoms with Gasteiger partial charge in [0.25, 0.3) is 0 Å². The molecule has 1 saturated heterocycles. The van der Waals surface area contributed by atoms with Crippen LogP contribution in [0.4, 0.5) is 0 Å². The topological polar surface area (TPSA) is 9.23 Å². The Bertz CT molecular complexity index is 491. The zero-order valence-corrected chi connectivity index (χ0v) is 16.9. The first-order chi connectivity index (χ1) is 10.8. The van der Waals surface area contributed by atoms with Gasteiger partial charge in [0.1, 0.15) is 0 Å². The van der Waals surface area contributed by atoms with Crippen LogP contribution >= 0.6 is 0 Å².